The Bertz CT molecular complexity index is 1010. The maximum Gasteiger partial charge on any atom is 0.387 e. The van der Waals surface area contributed by atoms with Crippen molar-refractivity contribution >= 4 is 5.91 Å². The molecule has 9 heteroatoms. The van der Waals surface area contributed by atoms with Gasteiger partial charge in [0.25, 0.3) is 5.91 Å². The van der Waals surface area contributed by atoms with Gasteiger partial charge in [-0.05, 0) is 35.9 Å². The molecule has 152 valence electrons. The predicted molar refractivity (Wildman–Crippen MR) is 98.5 cm³/mol. The number of amides is 1. The molecule has 1 atom stereocenters. The first kappa shape index (κ1) is 20.2. The number of alkyl halides is 2. The summed E-state index contributed by atoms with van der Waals surface area (Å²) >= 11 is 0. The zero-order chi connectivity index (χ0) is 21.0. The molecule has 1 N–H and O–H groups in total. The average Bonchev–Trinajstić information content (AvgIpc) is 3.11. The van der Waals surface area contributed by atoms with E-state index in [0.717, 1.165) is 0 Å². The minimum Gasteiger partial charge on any atom is -0.493 e. The van der Waals surface area contributed by atoms with Crippen LogP contribution in [0.1, 0.15) is 27.8 Å². The Morgan fingerprint density at radius 3 is 2.59 bits per heavy atom. The highest BCUT2D eigenvalue weighted by Gasteiger charge is 2.23. The Kier molecular flexibility index (Phi) is 6.06. The predicted octanol–water partition coefficient (Wildman–Crippen LogP) is 3.69. The summed E-state index contributed by atoms with van der Waals surface area (Å²) in [7, 11) is 3.03. The first-order valence-electron chi connectivity index (χ1n) is 8.55. The van der Waals surface area contributed by atoms with Gasteiger partial charge in [-0.15, -0.1) is 0 Å². The van der Waals surface area contributed by atoms with Gasteiger partial charge in [-0.1, -0.05) is 12.1 Å². The molecule has 0 aliphatic carbocycles. The number of aryl methyl sites for hydroxylation is 1. The maximum atomic E-state index is 13.7. The SMILES string of the molecule is COc1cc(C(=O)NC(c2cccc(F)c2)c2nccn2C)ccc1OC(F)F. The van der Waals surface area contributed by atoms with E-state index in [-0.39, 0.29) is 17.1 Å². The van der Waals surface area contributed by atoms with Crippen LogP contribution in [0.2, 0.25) is 0 Å². The Morgan fingerprint density at radius 1 is 1.17 bits per heavy atom. The average molecular weight is 405 g/mol. The van der Waals surface area contributed by atoms with Crippen LogP contribution in [0.3, 0.4) is 0 Å². The van der Waals surface area contributed by atoms with E-state index in [1.165, 1.54) is 43.5 Å². The van der Waals surface area contributed by atoms with Gasteiger partial charge in [0.15, 0.2) is 11.5 Å². The van der Waals surface area contributed by atoms with E-state index in [1.54, 1.807) is 30.1 Å². The molecule has 0 aliphatic rings. The smallest absolute Gasteiger partial charge is 0.387 e. The molecular formula is C20H18F3N3O3. The van der Waals surface area contributed by atoms with Crippen molar-refractivity contribution in [3.05, 3.63) is 77.6 Å². The van der Waals surface area contributed by atoms with Crippen LogP contribution in [0.25, 0.3) is 0 Å². The monoisotopic (exact) mass is 405 g/mol. The molecule has 0 aliphatic heterocycles. The molecule has 3 aromatic rings. The summed E-state index contributed by atoms with van der Waals surface area (Å²) in [5, 5.41) is 2.80. The van der Waals surface area contributed by atoms with Crippen LogP contribution in [0, 0.1) is 5.82 Å². The van der Waals surface area contributed by atoms with Crippen LogP contribution in [-0.4, -0.2) is 29.2 Å². The summed E-state index contributed by atoms with van der Waals surface area (Å²) in [6.45, 7) is -3.02. The molecule has 1 amide bonds. The van der Waals surface area contributed by atoms with Gasteiger partial charge < -0.3 is 19.4 Å². The Hall–Kier alpha value is -3.49. The van der Waals surface area contributed by atoms with E-state index in [1.807, 2.05) is 0 Å². The summed E-state index contributed by atoms with van der Waals surface area (Å²) in [6, 6.07) is 8.91. The second-order valence-corrected chi connectivity index (χ2v) is 6.10. The summed E-state index contributed by atoms with van der Waals surface area (Å²) in [5.41, 5.74) is 0.649. The molecule has 1 heterocycles. The largest absolute Gasteiger partial charge is 0.493 e. The van der Waals surface area contributed by atoms with Crippen molar-refractivity contribution in [3.8, 4) is 11.5 Å². The molecule has 2 aromatic carbocycles. The quantitative estimate of drug-likeness (QED) is 0.651. The molecule has 1 aromatic heterocycles. The van der Waals surface area contributed by atoms with Crippen LogP contribution in [-0.2, 0) is 7.05 Å². The number of imidazole rings is 1. The summed E-state index contributed by atoms with van der Waals surface area (Å²) in [5.74, 6) is -0.689. The highest BCUT2D eigenvalue weighted by atomic mass is 19.3. The van der Waals surface area contributed by atoms with Crippen molar-refractivity contribution in [2.45, 2.75) is 12.7 Å². The lowest BCUT2D eigenvalue weighted by Crippen LogP contribution is -2.31. The third-order valence-corrected chi connectivity index (χ3v) is 4.22. The Labute approximate surface area is 164 Å². The normalized spacial score (nSPS) is 11.9. The fourth-order valence-corrected chi connectivity index (χ4v) is 2.86. The fourth-order valence-electron chi connectivity index (χ4n) is 2.86. The third kappa shape index (κ3) is 4.68. The standard InChI is InChI=1S/C20H18F3N3O3/c1-26-9-8-24-18(26)17(12-4-3-5-14(21)10-12)25-19(27)13-6-7-15(29-20(22)23)16(11-13)28-2/h3-11,17,20H,1-2H3,(H,25,27). The number of nitrogens with one attached hydrogen (secondary N) is 1. The van der Waals surface area contributed by atoms with Crippen LogP contribution >= 0.6 is 0 Å². The third-order valence-electron chi connectivity index (χ3n) is 4.22. The number of ether oxygens (including phenoxy) is 2. The van der Waals surface area contributed by atoms with Crippen LogP contribution in [0.15, 0.2) is 54.9 Å². The lowest BCUT2D eigenvalue weighted by Gasteiger charge is -2.20. The zero-order valence-electron chi connectivity index (χ0n) is 15.6. The number of hydrogen-bond donors (Lipinski definition) is 1. The summed E-state index contributed by atoms with van der Waals surface area (Å²) in [4.78, 5) is 17.1. The molecule has 1 unspecified atom stereocenters. The highest BCUT2D eigenvalue weighted by Crippen LogP contribution is 2.30. The summed E-state index contributed by atoms with van der Waals surface area (Å²) < 4.78 is 49.8. The number of aromatic nitrogens is 2. The zero-order valence-corrected chi connectivity index (χ0v) is 15.6. The molecule has 0 fully saturated rings. The van der Waals surface area contributed by atoms with Gasteiger partial charge in [0.1, 0.15) is 17.7 Å². The van der Waals surface area contributed by atoms with Gasteiger partial charge in [0.2, 0.25) is 0 Å². The van der Waals surface area contributed by atoms with E-state index in [9.17, 15) is 18.0 Å². The van der Waals surface area contributed by atoms with E-state index >= 15 is 0 Å². The van der Waals surface area contributed by atoms with Crippen LogP contribution in [0.4, 0.5) is 13.2 Å². The molecular weight excluding hydrogens is 387 g/mol. The van der Waals surface area contributed by atoms with Gasteiger partial charge in [-0.2, -0.15) is 8.78 Å². The van der Waals surface area contributed by atoms with E-state index < -0.39 is 24.4 Å². The number of nitrogens with zero attached hydrogens (tertiary/aromatic N) is 2. The van der Waals surface area contributed by atoms with Gasteiger partial charge >= 0.3 is 6.61 Å². The Balaban J connectivity index is 1.92. The number of carbonyl (C=O) groups is 1. The first-order valence-corrected chi connectivity index (χ1v) is 8.55. The minimum absolute atomic E-state index is 0.0164. The van der Waals surface area contributed by atoms with Crippen LogP contribution < -0.4 is 14.8 Å². The number of methoxy groups -OCH3 is 1. The van der Waals surface area contributed by atoms with E-state index in [0.29, 0.717) is 11.4 Å². The molecule has 0 saturated heterocycles. The van der Waals surface area contributed by atoms with Gasteiger partial charge in [0.05, 0.1) is 7.11 Å². The molecule has 6 nitrogen and oxygen atoms in total. The maximum absolute atomic E-state index is 13.7. The van der Waals surface area contributed by atoms with E-state index in [2.05, 4.69) is 15.0 Å². The molecule has 0 bridgehead atoms. The van der Waals surface area contributed by atoms with Crippen molar-refractivity contribution in [1.82, 2.24) is 14.9 Å². The van der Waals surface area contributed by atoms with Gasteiger partial charge in [-0.25, -0.2) is 9.37 Å². The number of halogens is 3. The van der Waals surface area contributed by atoms with Crippen molar-refractivity contribution in [1.29, 1.82) is 0 Å². The molecule has 0 saturated carbocycles. The topological polar surface area (TPSA) is 65.4 Å². The number of hydrogen-bond acceptors (Lipinski definition) is 4. The lowest BCUT2D eigenvalue weighted by molar-refractivity contribution is -0.0512. The number of rotatable bonds is 7. The van der Waals surface area contributed by atoms with E-state index in [4.69, 9.17) is 4.74 Å². The second kappa shape index (κ2) is 8.68. The van der Waals surface area contributed by atoms with Gasteiger partial charge in [0, 0.05) is 25.0 Å². The van der Waals surface area contributed by atoms with Crippen molar-refractivity contribution < 1.29 is 27.4 Å². The summed E-state index contributed by atoms with van der Waals surface area (Å²) in [6.07, 6.45) is 3.26. The van der Waals surface area contributed by atoms with Crippen molar-refractivity contribution in [2.75, 3.05) is 7.11 Å². The fraction of sp³-hybridized carbons (Fsp3) is 0.200. The van der Waals surface area contributed by atoms with Crippen molar-refractivity contribution in [3.63, 3.8) is 0 Å². The lowest BCUT2D eigenvalue weighted by atomic mass is 10.0. The van der Waals surface area contributed by atoms with Crippen molar-refractivity contribution in [2.24, 2.45) is 7.05 Å². The van der Waals surface area contributed by atoms with Gasteiger partial charge in [-0.3, -0.25) is 4.79 Å². The first-order chi connectivity index (χ1) is 13.9. The second-order valence-electron chi connectivity index (χ2n) is 6.10. The number of benzene rings is 2. The highest BCUT2D eigenvalue weighted by molar-refractivity contribution is 5.95. The van der Waals surface area contributed by atoms with Crippen LogP contribution in [0.5, 0.6) is 11.5 Å². The molecule has 0 radical (unpaired) electrons. The molecule has 3 rings (SSSR count). The molecule has 0 spiro atoms. The number of carbonyl (C=O) groups excluding carboxylic acids is 1. The molecule has 29 heavy (non-hydrogen) atoms. The Morgan fingerprint density at radius 2 is 1.97 bits per heavy atom. The minimum atomic E-state index is -3.02.